The molecule has 11 heteroatoms. The van der Waals surface area contributed by atoms with Crippen LogP contribution in [0.4, 0.5) is 13.2 Å². The van der Waals surface area contributed by atoms with Gasteiger partial charge in [0.2, 0.25) is 5.76 Å². The lowest BCUT2D eigenvalue weighted by atomic mass is 10.1. The number of aromatic nitrogens is 1. The van der Waals surface area contributed by atoms with E-state index < -0.39 is 22.0 Å². The van der Waals surface area contributed by atoms with E-state index in [1.807, 2.05) is 6.07 Å². The number of hydrogen-bond donors (Lipinski definition) is 0. The van der Waals surface area contributed by atoms with Gasteiger partial charge in [-0.2, -0.15) is 17.5 Å². The third-order valence-electron chi connectivity index (χ3n) is 4.27. The Balaban J connectivity index is 1.74. The fourth-order valence-electron chi connectivity index (χ4n) is 2.49. The van der Waals surface area contributed by atoms with Gasteiger partial charge >= 0.3 is 6.18 Å². The fourth-order valence-corrected chi connectivity index (χ4v) is 5.32. The van der Waals surface area contributed by atoms with Crippen LogP contribution in [0.3, 0.4) is 0 Å². The normalized spacial score (nSPS) is 13.9. The molecule has 0 aliphatic heterocycles. The van der Waals surface area contributed by atoms with Crippen molar-refractivity contribution in [2.45, 2.75) is 36.2 Å². The van der Waals surface area contributed by atoms with Crippen LogP contribution < -0.4 is 0 Å². The number of alkyl halides is 3. The Labute approximate surface area is 163 Å². The first kappa shape index (κ1) is 20.6. The number of hydrogen-bond acceptors (Lipinski definition) is 6. The van der Waals surface area contributed by atoms with Crippen LogP contribution in [-0.4, -0.2) is 31.0 Å². The smallest absolute Gasteiger partial charge is 0.452 e. The summed E-state index contributed by atoms with van der Waals surface area (Å²) in [6.07, 6.45) is -1.95. The van der Waals surface area contributed by atoms with Gasteiger partial charge in [-0.3, -0.25) is 0 Å². The average molecular weight is 434 g/mol. The summed E-state index contributed by atoms with van der Waals surface area (Å²) < 4.78 is 74.4. The van der Waals surface area contributed by atoms with Gasteiger partial charge in [-0.25, -0.2) is 8.42 Å². The Morgan fingerprint density at radius 3 is 2.64 bits per heavy atom. The molecular formula is C17H17F3N2O4S2. The van der Waals surface area contributed by atoms with E-state index in [0.717, 1.165) is 23.2 Å². The zero-order chi connectivity index (χ0) is 20.5. The van der Waals surface area contributed by atoms with Crippen LogP contribution in [0.1, 0.15) is 24.9 Å². The highest BCUT2D eigenvalue weighted by Crippen LogP contribution is 2.36. The first-order valence-electron chi connectivity index (χ1n) is 8.23. The standard InChI is InChI=1S/C17H17F3N2O4S2/c1-11(5-6-12-4-3-9-25-12)22(2)28(23,24)16-8-7-14(27-16)13-10-15(26-21-13)17(18,19)20/h3-4,7-11H,5-6H2,1-2H3. The summed E-state index contributed by atoms with van der Waals surface area (Å²) in [6.45, 7) is 1.78. The van der Waals surface area contributed by atoms with E-state index in [0.29, 0.717) is 12.8 Å². The van der Waals surface area contributed by atoms with Gasteiger partial charge in [-0.05, 0) is 37.6 Å². The van der Waals surface area contributed by atoms with Gasteiger partial charge in [0.05, 0.1) is 11.1 Å². The third kappa shape index (κ3) is 4.31. The predicted octanol–water partition coefficient (Wildman–Crippen LogP) is 4.66. The molecule has 3 rings (SSSR count). The van der Waals surface area contributed by atoms with E-state index in [2.05, 4.69) is 9.68 Å². The van der Waals surface area contributed by atoms with Crippen LogP contribution in [0.25, 0.3) is 10.6 Å². The van der Waals surface area contributed by atoms with Crippen LogP contribution in [0.5, 0.6) is 0 Å². The molecular weight excluding hydrogens is 417 g/mol. The highest BCUT2D eigenvalue weighted by molar-refractivity contribution is 7.91. The maximum absolute atomic E-state index is 12.8. The van der Waals surface area contributed by atoms with Crippen molar-refractivity contribution in [1.29, 1.82) is 0 Å². The molecule has 0 spiro atoms. The van der Waals surface area contributed by atoms with Crippen molar-refractivity contribution in [3.63, 3.8) is 0 Å². The lowest BCUT2D eigenvalue weighted by molar-refractivity contribution is -0.155. The summed E-state index contributed by atoms with van der Waals surface area (Å²) in [5.41, 5.74) is -0.0627. The molecule has 0 N–H and O–H groups in total. The van der Waals surface area contributed by atoms with Crippen LogP contribution in [-0.2, 0) is 22.6 Å². The van der Waals surface area contributed by atoms with E-state index in [1.54, 1.807) is 19.3 Å². The molecule has 3 aromatic heterocycles. The largest absolute Gasteiger partial charge is 0.469 e. The molecule has 0 amide bonds. The number of furan rings is 1. The second kappa shape index (κ2) is 7.72. The first-order valence-corrected chi connectivity index (χ1v) is 10.5. The average Bonchev–Trinajstić information content (AvgIpc) is 3.38. The molecule has 0 radical (unpaired) electrons. The van der Waals surface area contributed by atoms with Gasteiger partial charge in [0, 0.05) is 25.6 Å². The lowest BCUT2D eigenvalue weighted by Crippen LogP contribution is -2.35. The number of halogens is 3. The minimum Gasteiger partial charge on any atom is -0.469 e. The van der Waals surface area contributed by atoms with E-state index in [9.17, 15) is 21.6 Å². The number of aryl methyl sites for hydroxylation is 1. The second-order valence-electron chi connectivity index (χ2n) is 6.18. The quantitative estimate of drug-likeness (QED) is 0.541. The second-order valence-corrected chi connectivity index (χ2v) is 9.49. The Morgan fingerprint density at radius 1 is 1.29 bits per heavy atom. The van der Waals surface area contributed by atoms with Crippen LogP contribution >= 0.6 is 11.3 Å². The number of thiophene rings is 1. The summed E-state index contributed by atoms with van der Waals surface area (Å²) in [7, 11) is -2.33. The van der Waals surface area contributed by atoms with Crippen molar-refractivity contribution in [3.05, 3.63) is 48.1 Å². The topological polar surface area (TPSA) is 76.6 Å². The van der Waals surface area contributed by atoms with Crippen molar-refractivity contribution < 1.29 is 30.5 Å². The molecule has 1 atom stereocenters. The third-order valence-corrected chi connectivity index (χ3v) is 7.81. The van der Waals surface area contributed by atoms with E-state index in [-0.39, 0.29) is 20.8 Å². The predicted molar refractivity (Wildman–Crippen MR) is 96.3 cm³/mol. The van der Waals surface area contributed by atoms with Crippen molar-refractivity contribution >= 4 is 21.4 Å². The Kier molecular flexibility index (Phi) is 5.69. The molecule has 0 aromatic carbocycles. The first-order chi connectivity index (χ1) is 13.1. The molecule has 0 aliphatic rings. The maximum Gasteiger partial charge on any atom is 0.452 e. The van der Waals surface area contributed by atoms with E-state index in [1.165, 1.54) is 23.5 Å². The van der Waals surface area contributed by atoms with Gasteiger partial charge in [-0.15, -0.1) is 11.3 Å². The number of sulfonamides is 1. The van der Waals surface area contributed by atoms with Crippen molar-refractivity contribution in [2.24, 2.45) is 0 Å². The minimum absolute atomic E-state index is 0.0198. The van der Waals surface area contributed by atoms with Crippen LogP contribution in [0.15, 0.2) is 49.7 Å². The maximum atomic E-state index is 12.8. The van der Waals surface area contributed by atoms with Crippen LogP contribution in [0, 0.1) is 0 Å². The van der Waals surface area contributed by atoms with E-state index in [4.69, 9.17) is 4.42 Å². The Bertz CT molecular complexity index is 1020. The molecule has 3 heterocycles. The van der Waals surface area contributed by atoms with Crippen LogP contribution in [0.2, 0.25) is 0 Å². The van der Waals surface area contributed by atoms with Gasteiger partial charge in [0.25, 0.3) is 10.0 Å². The molecule has 0 fully saturated rings. The number of nitrogens with zero attached hydrogens (tertiary/aromatic N) is 2. The lowest BCUT2D eigenvalue weighted by Gasteiger charge is -2.23. The van der Waals surface area contributed by atoms with Crippen molar-refractivity contribution in [2.75, 3.05) is 7.05 Å². The molecule has 0 aliphatic carbocycles. The number of rotatable bonds is 7. The van der Waals surface area contributed by atoms with Gasteiger partial charge in [-0.1, -0.05) is 5.16 Å². The Hall–Kier alpha value is -2.11. The summed E-state index contributed by atoms with van der Waals surface area (Å²) in [4.78, 5) is 0.273. The molecule has 1 unspecified atom stereocenters. The molecule has 0 bridgehead atoms. The molecule has 28 heavy (non-hydrogen) atoms. The summed E-state index contributed by atoms with van der Waals surface area (Å²) >= 11 is 0.840. The SMILES string of the molecule is CC(CCc1ccco1)N(C)S(=O)(=O)c1ccc(-c2cc(C(F)(F)F)on2)s1. The highest BCUT2D eigenvalue weighted by atomic mass is 32.2. The van der Waals surface area contributed by atoms with Gasteiger partial charge in [0.1, 0.15) is 15.7 Å². The summed E-state index contributed by atoms with van der Waals surface area (Å²) in [6, 6.07) is 6.80. The van der Waals surface area contributed by atoms with Crippen molar-refractivity contribution in [3.8, 4) is 10.6 Å². The van der Waals surface area contributed by atoms with Gasteiger partial charge < -0.3 is 8.94 Å². The zero-order valence-corrected chi connectivity index (χ0v) is 16.6. The summed E-state index contributed by atoms with van der Waals surface area (Å²) in [5.74, 6) is -0.466. The zero-order valence-electron chi connectivity index (χ0n) is 14.9. The fraction of sp³-hybridized carbons (Fsp3) is 0.353. The monoisotopic (exact) mass is 434 g/mol. The van der Waals surface area contributed by atoms with Crippen molar-refractivity contribution in [1.82, 2.24) is 9.46 Å². The molecule has 0 saturated heterocycles. The highest BCUT2D eigenvalue weighted by Gasteiger charge is 2.36. The molecule has 6 nitrogen and oxygen atoms in total. The molecule has 3 aromatic rings. The molecule has 152 valence electrons. The van der Waals surface area contributed by atoms with Gasteiger partial charge in [0.15, 0.2) is 0 Å². The molecule has 0 saturated carbocycles. The minimum atomic E-state index is -4.65. The summed E-state index contributed by atoms with van der Waals surface area (Å²) in [5, 5.41) is 3.38. The van der Waals surface area contributed by atoms with E-state index >= 15 is 0 Å². The Morgan fingerprint density at radius 2 is 2.04 bits per heavy atom.